The number of hydrogen-bond acceptors (Lipinski definition) is 7. The summed E-state index contributed by atoms with van der Waals surface area (Å²) < 4.78 is 10.9. The highest BCUT2D eigenvalue weighted by Gasteiger charge is 2.23. The van der Waals surface area contributed by atoms with Gasteiger partial charge in [-0.2, -0.15) is 0 Å². The van der Waals surface area contributed by atoms with Crippen molar-refractivity contribution < 1.29 is 29.3 Å². The molecule has 0 aliphatic carbocycles. The predicted molar refractivity (Wildman–Crippen MR) is 131 cm³/mol. The van der Waals surface area contributed by atoms with Crippen LogP contribution in [0.1, 0.15) is 11.1 Å². The molecule has 0 atom stereocenters. The molecule has 8 nitrogen and oxygen atoms in total. The largest absolute Gasteiger partial charge is 0.497 e. The molecule has 2 aromatic carbocycles. The lowest BCUT2D eigenvalue weighted by atomic mass is 10.1. The van der Waals surface area contributed by atoms with Crippen molar-refractivity contribution in [2.75, 3.05) is 47.4 Å². The summed E-state index contributed by atoms with van der Waals surface area (Å²) in [4.78, 5) is 26.4. The Morgan fingerprint density at radius 3 is 2.00 bits per heavy atom. The number of aliphatic carboxylic acids is 2. The lowest BCUT2D eigenvalue weighted by Crippen LogP contribution is -2.43. The number of methoxy groups -OCH3 is 2. The van der Waals surface area contributed by atoms with E-state index in [1.54, 1.807) is 26.0 Å². The lowest BCUT2D eigenvalue weighted by Gasteiger charge is -2.36. The standard InChI is InChI=1S/C21H24N2O2S.C4H4O4/c1-22-8-10-23(11-9-22)19-12-15-4-5-16(24-2)13-20(15)26-21-14-17(25-3)6-7-18(19)21;5-3(6)1-2-4(7)8/h4-7,12-14H,8-11H2,1-3H3;1-2H,(H,5,6)(H,7,8)/b;2-1-. The predicted octanol–water partition coefficient (Wildman–Crippen LogP) is 3.63. The smallest absolute Gasteiger partial charge is 0.328 e. The molecule has 2 aliphatic rings. The molecule has 0 spiro atoms. The maximum atomic E-state index is 9.55. The molecule has 0 bridgehead atoms. The van der Waals surface area contributed by atoms with E-state index in [0.29, 0.717) is 12.2 Å². The Labute approximate surface area is 203 Å². The summed E-state index contributed by atoms with van der Waals surface area (Å²) in [5, 5.41) is 15.6. The summed E-state index contributed by atoms with van der Waals surface area (Å²) in [6, 6.07) is 12.7. The zero-order valence-electron chi connectivity index (χ0n) is 19.4. The second-order valence-corrected chi connectivity index (χ2v) is 8.78. The average molecular weight is 485 g/mol. The molecule has 1 fully saturated rings. The van der Waals surface area contributed by atoms with Gasteiger partial charge in [-0.1, -0.05) is 17.8 Å². The molecular weight excluding hydrogens is 456 g/mol. The van der Waals surface area contributed by atoms with E-state index < -0.39 is 11.9 Å². The molecule has 0 unspecified atom stereocenters. The van der Waals surface area contributed by atoms with Crippen molar-refractivity contribution in [2.24, 2.45) is 0 Å². The first kappa shape index (κ1) is 25.2. The topological polar surface area (TPSA) is 99.5 Å². The van der Waals surface area contributed by atoms with Gasteiger partial charge in [0, 0.05) is 59.4 Å². The average Bonchev–Trinajstić information content (AvgIpc) is 2.99. The first-order valence-corrected chi connectivity index (χ1v) is 11.5. The summed E-state index contributed by atoms with van der Waals surface area (Å²) in [6.07, 6.45) is 3.44. The zero-order valence-corrected chi connectivity index (χ0v) is 20.2. The zero-order chi connectivity index (χ0) is 24.7. The fourth-order valence-corrected chi connectivity index (χ4v) is 4.68. The number of carboxylic acid groups (broad SMARTS) is 2. The van der Waals surface area contributed by atoms with Crippen LogP contribution in [0.2, 0.25) is 0 Å². The second-order valence-electron chi connectivity index (χ2n) is 7.70. The van der Waals surface area contributed by atoms with E-state index in [-0.39, 0.29) is 0 Å². The molecule has 2 N–H and O–H groups in total. The van der Waals surface area contributed by atoms with Crippen LogP contribution < -0.4 is 9.47 Å². The van der Waals surface area contributed by atoms with E-state index in [2.05, 4.69) is 53.3 Å². The third kappa shape index (κ3) is 6.55. The number of fused-ring (bicyclic) bond motifs is 2. The van der Waals surface area contributed by atoms with Crippen LogP contribution in [-0.2, 0) is 9.59 Å². The Balaban J connectivity index is 0.000000350. The van der Waals surface area contributed by atoms with Crippen molar-refractivity contribution in [3.63, 3.8) is 0 Å². The Hall–Kier alpha value is -3.43. The number of nitrogens with zero attached hydrogens (tertiary/aromatic N) is 2. The lowest BCUT2D eigenvalue weighted by molar-refractivity contribution is -0.134. The molecule has 0 amide bonds. The van der Waals surface area contributed by atoms with Crippen LogP contribution in [0.15, 0.2) is 58.3 Å². The highest BCUT2D eigenvalue weighted by Crippen LogP contribution is 2.44. The van der Waals surface area contributed by atoms with Gasteiger partial charge in [-0.25, -0.2) is 9.59 Å². The fourth-order valence-electron chi connectivity index (χ4n) is 3.57. The quantitative estimate of drug-likeness (QED) is 0.616. The number of benzene rings is 2. The Kier molecular flexibility index (Phi) is 8.61. The van der Waals surface area contributed by atoms with Gasteiger partial charge < -0.3 is 29.5 Å². The number of ether oxygens (including phenoxy) is 2. The van der Waals surface area contributed by atoms with Crippen LogP contribution in [0, 0.1) is 0 Å². The highest BCUT2D eigenvalue weighted by atomic mass is 32.2. The van der Waals surface area contributed by atoms with Gasteiger partial charge in [-0.3, -0.25) is 0 Å². The second kappa shape index (κ2) is 11.6. The molecule has 2 aromatic rings. The van der Waals surface area contributed by atoms with Gasteiger partial charge in [0.25, 0.3) is 0 Å². The van der Waals surface area contributed by atoms with Gasteiger partial charge in [0.1, 0.15) is 11.5 Å². The fraction of sp³-hybridized carbons (Fsp3) is 0.280. The summed E-state index contributed by atoms with van der Waals surface area (Å²) in [6.45, 7) is 4.27. The summed E-state index contributed by atoms with van der Waals surface area (Å²) >= 11 is 1.78. The van der Waals surface area contributed by atoms with Crippen LogP contribution in [0.4, 0.5) is 0 Å². The minimum Gasteiger partial charge on any atom is -0.497 e. The van der Waals surface area contributed by atoms with Crippen molar-refractivity contribution in [1.82, 2.24) is 9.80 Å². The van der Waals surface area contributed by atoms with Gasteiger partial charge >= 0.3 is 11.9 Å². The van der Waals surface area contributed by atoms with Gasteiger partial charge in [0.2, 0.25) is 0 Å². The van der Waals surface area contributed by atoms with Crippen LogP contribution >= 0.6 is 11.8 Å². The summed E-state index contributed by atoms with van der Waals surface area (Å²) in [7, 11) is 5.62. The first-order valence-electron chi connectivity index (χ1n) is 10.6. The number of hydrogen-bond donors (Lipinski definition) is 2. The van der Waals surface area contributed by atoms with Gasteiger partial charge in [-0.05, 0) is 49.0 Å². The minimum absolute atomic E-state index is 0.558. The van der Waals surface area contributed by atoms with Crippen molar-refractivity contribution in [3.05, 3.63) is 59.7 Å². The monoisotopic (exact) mass is 484 g/mol. The van der Waals surface area contributed by atoms with Crippen molar-refractivity contribution in [3.8, 4) is 11.5 Å². The van der Waals surface area contributed by atoms with Crippen molar-refractivity contribution in [2.45, 2.75) is 9.79 Å². The summed E-state index contributed by atoms with van der Waals surface area (Å²) in [5.74, 6) is -0.739. The molecule has 2 heterocycles. The van der Waals surface area contributed by atoms with E-state index in [9.17, 15) is 9.59 Å². The third-order valence-electron chi connectivity index (χ3n) is 5.41. The van der Waals surface area contributed by atoms with Gasteiger partial charge in [0.05, 0.1) is 14.2 Å². The molecule has 4 rings (SSSR count). The Morgan fingerprint density at radius 2 is 1.44 bits per heavy atom. The molecule has 2 aliphatic heterocycles. The maximum absolute atomic E-state index is 9.55. The van der Waals surface area contributed by atoms with Crippen LogP contribution in [0.25, 0.3) is 11.8 Å². The normalized spacial score (nSPS) is 15.3. The van der Waals surface area contributed by atoms with Crippen molar-refractivity contribution >= 4 is 35.5 Å². The van der Waals surface area contributed by atoms with Gasteiger partial charge in [0.15, 0.2) is 0 Å². The molecule has 0 saturated carbocycles. The molecule has 9 heteroatoms. The third-order valence-corrected chi connectivity index (χ3v) is 6.54. The van der Waals surface area contributed by atoms with Crippen molar-refractivity contribution in [1.29, 1.82) is 0 Å². The Bertz CT molecular complexity index is 1090. The van der Waals surface area contributed by atoms with E-state index in [1.165, 1.54) is 26.6 Å². The SMILES string of the molecule is COc1ccc2c(c1)Sc1cc(OC)ccc1C(N1CCN(C)CC1)=C2.O=C(O)/C=C\C(=O)O. The maximum Gasteiger partial charge on any atom is 0.328 e. The highest BCUT2D eigenvalue weighted by molar-refractivity contribution is 7.99. The number of carbonyl (C=O) groups is 2. The minimum atomic E-state index is -1.26. The summed E-state index contributed by atoms with van der Waals surface area (Å²) in [5.41, 5.74) is 3.81. The molecule has 0 radical (unpaired) electrons. The van der Waals surface area contributed by atoms with Gasteiger partial charge in [-0.15, -0.1) is 0 Å². The Morgan fingerprint density at radius 1 is 0.882 bits per heavy atom. The molecular formula is C25H28N2O6S. The van der Waals surface area contributed by atoms with E-state index in [0.717, 1.165) is 37.7 Å². The van der Waals surface area contributed by atoms with E-state index >= 15 is 0 Å². The molecule has 180 valence electrons. The van der Waals surface area contributed by atoms with Crippen LogP contribution in [0.5, 0.6) is 11.5 Å². The number of piperazine rings is 1. The molecule has 0 aromatic heterocycles. The molecule has 34 heavy (non-hydrogen) atoms. The van der Waals surface area contributed by atoms with Crippen LogP contribution in [-0.4, -0.2) is 79.4 Å². The number of rotatable bonds is 5. The molecule has 1 saturated heterocycles. The van der Waals surface area contributed by atoms with Crippen LogP contribution in [0.3, 0.4) is 0 Å². The first-order chi connectivity index (χ1) is 16.3. The van der Waals surface area contributed by atoms with E-state index in [1.807, 2.05) is 6.07 Å². The van der Waals surface area contributed by atoms with E-state index in [4.69, 9.17) is 19.7 Å². The number of likely N-dealkylation sites (N-methyl/N-ethyl adjacent to an activating group) is 1. The number of carboxylic acids is 2.